The van der Waals surface area contributed by atoms with E-state index >= 15 is 0 Å². The van der Waals surface area contributed by atoms with Gasteiger partial charge in [0.25, 0.3) is 0 Å². The van der Waals surface area contributed by atoms with Gasteiger partial charge in [0, 0.05) is 22.9 Å². The second-order valence-electron chi connectivity index (χ2n) is 5.28. The number of thioether (sulfide) groups is 1. The molecule has 124 valence electrons. The van der Waals surface area contributed by atoms with Gasteiger partial charge in [-0.1, -0.05) is 42.1 Å². The van der Waals surface area contributed by atoms with Crippen molar-refractivity contribution in [2.45, 2.75) is 19.3 Å². The Kier molecular flexibility index (Phi) is 5.32. The van der Waals surface area contributed by atoms with E-state index in [0.717, 1.165) is 26.2 Å². The molecule has 0 unspecified atom stereocenters. The van der Waals surface area contributed by atoms with E-state index < -0.39 is 5.97 Å². The molecule has 24 heavy (non-hydrogen) atoms. The van der Waals surface area contributed by atoms with E-state index in [4.69, 9.17) is 10.1 Å². The SMILES string of the molecule is O=C(O)CCCc1sc(/C=C2\NC(=O)CS2)nc1-c1ccccc1. The smallest absolute Gasteiger partial charge is 0.303 e. The van der Waals surface area contributed by atoms with Gasteiger partial charge in [0.2, 0.25) is 5.91 Å². The summed E-state index contributed by atoms with van der Waals surface area (Å²) in [4.78, 5) is 27.8. The molecule has 0 aliphatic carbocycles. The molecule has 0 saturated carbocycles. The Balaban J connectivity index is 1.87. The number of aryl methyl sites for hydroxylation is 1. The number of nitrogens with zero attached hydrogens (tertiary/aromatic N) is 1. The van der Waals surface area contributed by atoms with Crippen molar-refractivity contribution in [1.29, 1.82) is 0 Å². The van der Waals surface area contributed by atoms with Crippen molar-refractivity contribution in [3.8, 4) is 11.3 Å². The van der Waals surface area contributed by atoms with Crippen LogP contribution in [-0.2, 0) is 16.0 Å². The Bertz CT molecular complexity index is 784. The highest BCUT2D eigenvalue weighted by atomic mass is 32.2. The number of carbonyl (C=O) groups is 2. The number of carbonyl (C=O) groups excluding carboxylic acids is 1. The molecule has 0 atom stereocenters. The number of thiazole rings is 1. The average Bonchev–Trinajstić information content (AvgIpc) is 3.14. The van der Waals surface area contributed by atoms with Crippen LogP contribution in [0.15, 0.2) is 35.4 Å². The predicted octanol–water partition coefficient (Wildman–Crippen LogP) is 3.38. The number of benzene rings is 1. The molecule has 2 N–H and O–H groups in total. The largest absolute Gasteiger partial charge is 0.481 e. The van der Waals surface area contributed by atoms with E-state index in [-0.39, 0.29) is 12.3 Å². The van der Waals surface area contributed by atoms with Crippen molar-refractivity contribution < 1.29 is 14.7 Å². The molecule has 1 aromatic heterocycles. The molecule has 1 aromatic carbocycles. The maximum absolute atomic E-state index is 11.3. The van der Waals surface area contributed by atoms with E-state index in [1.54, 1.807) is 11.3 Å². The lowest BCUT2D eigenvalue weighted by Crippen LogP contribution is -2.13. The monoisotopic (exact) mass is 360 g/mol. The fraction of sp³-hybridized carbons (Fsp3) is 0.235. The summed E-state index contributed by atoms with van der Waals surface area (Å²) in [6.45, 7) is 0. The van der Waals surface area contributed by atoms with Crippen LogP contribution in [0.1, 0.15) is 22.7 Å². The fourth-order valence-corrected chi connectivity index (χ4v) is 4.25. The molecular weight excluding hydrogens is 344 g/mol. The molecule has 2 aromatic rings. The Hall–Kier alpha value is -2.12. The summed E-state index contributed by atoms with van der Waals surface area (Å²) >= 11 is 3.02. The van der Waals surface area contributed by atoms with E-state index in [2.05, 4.69) is 5.32 Å². The van der Waals surface area contributed by atoms with Crippen molar-refractivity contribution in [2.24, 2.45) is 0 Å². The minimum absolute atomic E-state index is 0.00720. The minimum Gasteiger partial charge on any atom is -0.481 e. The zero-order valence-corrected chi connectivity index (χ0v) is 14.5. The standard InChI is InChI=1S/C17H16N2O3S2/c20-13-10-23-14(18-13)9-15-19-17(11-5-2-1-3-6-11)12(24-15)7-4-8-16(21)22/h1-3,5-6,9H,4,7-8,10H2,(H,18,20)(H,21,22)/b14-9+. The number of rotatable bonds is 6. The van der Waals surface area contributed by atoms with Gasteiger partial charge < -0.3 is 10.4 Å². The summed E-state index contributed by atoms with van der Waals surface area (Å²) in [5, 5.41) is 13.3. The molecule has 0 radical (unpaired) electrons. The third kappa shape index (κ3) is 4.24. The quantitative estimate of drug-likeness (QED) is 0.826. The van der Waals surface area contributed by atoms with Crippen LogP contribution in [-0.4, -0.2) is 27.7 Å². The van der Waals surface area contributed by atoms with Crippen molar-refractivity contribution >= 4 is 41.1 Å². The Morgan fingerprint density at radius 3 is 2.79 bits per heavy atom. The Labute approximate surface area is 147 Å². The maximum Gasteiger partial charge on any atom is 0.303 e. The molecule has 3 rings (SSSR count). The van der Waals surface area contributed by atoms with Gasteiger partial charge in [0.15, 0.2) is 0 Å². The number of aliphatic carboxylic acids is 1. The zero-order valence-electron chi connectivity index (χ0n) is 12.8. The molecule has 0 bridgehead atoms. The molecule has 5 nitrogen and oxygen atoms in total. The zero-order chi connectivity index (χ0) is 16.9. The second-order valence-corrected chi connectivity index (χ2v) is 7.42. The molecule has 1 aliphatic heterocycles. The minimum atomic E-state index is -0.784. The molecule has 1 saturated heterocycles. The summed E-state index contributed by atoms with van der Waals surface area (Å²) in [5.41, 5.74) is 1.92. The lowest BCUT2D eigenvalue weighted by molar-refractivity contribution is -0.137. The van der Waals surface area contributed by atoms with Gasteiger partial charge in [-0.15, -0.1) is 11.3 Å². The first-order valence-corrected chi connectivity index (χ1v) is 9.33. The van der Waals surface area contributed by atoms with Gasteiger partial charge >= 0.3 is 5.97 Å². The number of hydrogen-bond donors (Lipinski definition) is 2. The van der Waals surface area contributed by atoms with Gasteiger partial charge in [-0.05, 0) is 12.8 Å². The highest BCUT2D eigenvalue weighted by molar-refractivity contribution is 8.04. The predicted molar refractivity (Wildman–Crippen MR) is 96.7 cm³/mol. The molecule has 1 amide bonds. The second kappa shape index (κ2) is 7.63. The summed E-state index contributed by atoms with van der Waals surface area (Å²) < 4.78 is 0. The van der Waals surface area contributed by atoms with Crippen molar-refractivity contribution in [3.63, 3.8) is 0 Å². The van der Waals surface area contributed by atoms with Gasteiger partial charge in [0.1, 0.15) is 5.01 Å². The fourth-order valence-electron chi connectivity index (χ4n) is 2.37. The first kappa shape index (κ1) is 16.7. The number of hydrogen-bond acceptors (Lipinski definition) is 5. The molecule has 7 heteroatoms. The Morgan fingerprint density at radius 2 is 2.12 bits per heavy atom. The lowest BCUT2D eigenvalue weighted by atomic mass is 10.1. The summed E-state index contributed by atoms with van der Waals surface area (Å²) in [6, 6.07) is 9.87. The molecular formula is C17H16N2O3S2. The van der Waals surface area contributed by atoms with Crippen LogP contribution >= 0.6 is 23.1 Å². The van der Waals surface area contributed by atoms with E-state index in [9.17, 15) is 9.59 Å². The molecule has 1 fully saturated rings. The number of carboxylic acid groups (broad SMARTS) is 1. The highest BCUT2D eigenvalue weighted by Crippen LogP contribution is 2.32. The van der Waals surface area contributed by atoms with Crippen LogP contribution in [0.2, 0.25) is 0 Å². The number of nitrogens with one attached hydrogen (secondary N) is 1. The summed E-state index contributed by atoms with van der Waals surface area (Å²) in [7, 11) is 0. The van der Waals surface area contributed by atoms with Crippen LogP contribution in [0.5, 0.6) is 0 Å². The van der Waals surface area contributed by atoms with Crippen molar-refractivity contribution in [2.75, 3.05) is 5.75 Å². The molecule has 1 aliphatic rings. The lowest BCUT2D eigenvalue weighted by Gasteiger charge is -2.01. The van der Waals surface area contributed by atoms with Gasteiger partial charge in [0.05, 0.1) is 16.5 Å². The van der Waals surface area contributed by atoms with Gasteiger partial charge in [-0.25, -0.2) is 4.98 Å². The van der Waals surface area contributed by atoms with E-state index in [1.165, 1.54) is 11.8 Å². The van der Waals surface area contributed by atoms with Crippen molar-refractivity contribution in [3.05, 3.63) is 45.2 Å². The average molecular weight is 360 g/mol. The van der Waals surface area contributed by atoms with E-state index in [0.29, 0.717) is 18.6 Å². The number of amides is 1. The summed E-state index contributed by atoms with van der Waals surface area (Å²) in [6.07, 6.45) is 3.29. The first-order valence-electron chi connectivity index (χ1n) is 7.53. The first-order chi connectivity index (χ1) is 11.6. The molecule has 0 spiro atoms. The third-order valence-electron chi connectivity index (χ3n) is 3.43. The maximum atomic E-state index is 11.3. The van der Waals surface area contributed by atoms with Crippen LogP contribution < -0.4 is 5.32 Å². The topological polar surface area (TPSA) is 79.3 Å². The number of carboxylic acids is 1. The van der Waals surface area contributed by atoms with Gasteiger partial charge in [-0.2, -0.15) is 0 Å². The molecule has 2 heterocycles. The summed E-state index contributed by atoms with van der Waals surface area (Å²) in [5.74, 6) is -0.338. The van der Waals surface area contributed by atoms with Crippen LogP contribution in [0.3, 0.4) is 0 Å². The van der Waals surface area contributed by atoms with E-state index in [1.807, 2.05) is 36.4 Å². The number of aromatic nitrogens is 1. The van der Waals surface area contributed by atoms with Gasteiger partial charge in [-0.3, -0.25) is 9.59 Å². The van der Waals surface area contributed by atoms with Crippen LogP contribution in [0.4, 0.5) is 0 Å². The highest BCUT2D eigenvalue weighted by Gasteiger charge is 2.17. The van der Waals surface area contributed by atoms with Crippen molar-refractivity contribution in [1.82, 2.24) is 10.3 Å². The van der Waals surface area contributed by atoms with Crippen LogP contribution in [0.25, 0.3) is 17.3 Å². The third-order valence-corrected chi connectivity index (χ3v) is 5.43. The van der Waals surface area contributed by atoms with Crippen LogP contribution in [0, 0.1) is 0 Å². The normalized spacial score (nSPS) is 15.7. The Morgan fingerprint density at radius 1 is 1.33 bits per heavy atom.